The van der Waals surface area contributed by atoms with Crippen LogP contribution in [0.4, 0.5) is 0 Å². The maximum absolute atomic E-state index is 10.6. The minimum atomic E-state index is -1.95. The molecule has 0 bridgehead atoms. The summed E-state index contributed by atoms with van der Waals surface area (Å²) in [4.78, 5) is 21.2. The molecule has 0 heterocycles. The summed E-state index contributed by atoms with van der Waals surface area (Å²) >= 11 is 0. The van der Waals surface area contributed by atoms with Gasteiger partial charge in [0.25, 0.3) is 0 Å². The fourth-order valence-corrected chi connectivity index (χ4v) is 0.696. The first-order chi connectivity index (χ1) is 5.14. The van der Waals surface area contributed by atoms with Crippen molar-refractivity contribution in [2.45, 2.75) is 27.7 Å². The number of carbonyl (C=O) groups excluding carboxylic acids is 2. The van der Waals surface area contributed by atoms with Crippen LogP contribution in [0.15, 0.2) is 0 Å². The summed E-state index contributed by atoms with van der Waals surface area (Å²) in [6.45, 7) is 5.63. The van der Waals surface area contributed by atoms with Gasteiger partial charge in [0.05, 0.1) is 17.4 Å². The third-order valence-electron chi connectivity index (χ3n) is 2.32. The van der Waals surface area contributed by atoms with E-state index < -0.39 is 22.8 Å². The van der Waals surface area contributed by atoms with Crippen LogP contribution in [0.25, 0.3) is 0 Å². The first-order valence-electron chi connectivity index (χ1n) is 3.57. The molecule has 0 unspecified atom stereocenters. The van der Waals surface area contributed by atoms with Crippen LogP contribution >= 0.6 is 0 Å². The normalized spacial score (nSPS) is 11.7. The molecule has 0 saturated carbocycles. The van der Waals surface area contributed by atoms with Gasteiger partial charge in [0.2, 0.25) is 0 Å². The molecule has 0 amide bonds. The Morgan fingerprint density at radius 1 is 0.923 bits per heavy atom. The van der Waals surface area contributed by atoms with Gasteiger partial charge in [-0.25, -0.2) is 0 Å². The Morgan fingerprint density at radius 2 is 1.15 bits per heavy atom. The first kappa shape index (κ1) is 16.0. The summed E-state index contributed by atoms with van der Waals surface area (Å²) in [5, 5.41) is 21.2. The molecule has 0 saturated heterocycles. The maximum Gasteiger partial charge on any atom is 2.00 e. The van der Waals surface area contributed by atoms with Crippen molar-refractivity contribution in [3.05, 3.63) is 0 Å². The van der Waals surface area contributed by atoms with Crippen molar-refractivity contribution in [3.8, 4) is 0 Å². The molecule has 0 aromatic rings. The van der Waals surface area contributed by atoms with E-state index in [1.165, 1.54) is 20.8 Å². The van der Waals surface area contributed by atoms with E-state index in [9.17, 15) is 19.8 Å². The van der Waals surface area contributed by atoms with E-state index in [4.69, 9.17) is 0 Å². The van der Waals surface area contributed by atoms with Crippen LogP contribution in [0, 0.1) is 10.8 Å². The first-order valence-corrected chi connectivity index (χ1v) is 3.57. The summed E-state index contributed by atoms with van der Waals surface area (Å²) in [7, 11) is 0. The summed E-state index contributed by atoms with van der Waals surface area (Å²) < 4.78 is 0. The molecule has 0 spiro atoms. The molecular formula is C8H12BaO4. The van der Waals surface area contributed by atoms with Crippen LogP contribution < -0.4 is 10.2 Å². The van der Waals surface area contributed by atoms with E-state index in [2.05, 4.69) is 0 Å². The molecule has 0 N–H and O–H groups in total. The molecule has 0 rings (SSSR count). The van der Waals surface area contributed by atoms with Gasteiger partial charge in [0.15, 0.2) is 0 Å². The minimum absolute atomic E-state index is 0. The molecule has 0 radical (unpaired) electrons. The molecule has 0 fully saturated rings. The Labute approximate surface area is 118 Å². The van der Waals surface area contributed by atoms with Crippen molar-refractivity contribution in [2.75, 3.05) is 0 Å². The van der Waals surface area contributed by atoms with Gasteiger partial charge >= 0.3 is 48.9 Å². The Kier molecular flexibility index (Phi) is 5.94. The van der Waals surface area contributed by atoms with Crippen LogP contribution in [0.2, 0.25) is 0 Å². The molecule has 0 aromatic heterocycles. The second-order valence-electron chi connectivity index (χ2n) is 3.95. The summed E-state index contributed by atoms with van der Waals surface area (Å²) in [6.07, 6.45) is 0. The van der Waals surface area contributed by atoms with Gasteiger partial charge < -0.3 is 19.8 Å². The molecule has 0 aromatic carbocycles. The second kappa shape index (κ2) is 4.84. The minimum Gasteiger partial charge on any atom is -0.549 e. The van der Waals surface area contributed by atoms with Gasteiger partial charge in [0, 0.05) is 0 Å². The Hall–Kier alpha value is 0.511. The SMILES string of the molecule is CC(C)(C)C(C)(C(=O)[O-])C(=O)[O-].[Ba+2]. The second-order valence-corrected chi connectivity index (χ2v) is 3.95. The van der Waals surface area contributed by atoms with E-state index >= 15 is 0 Å². The molecule has 0 atom stereocenters. The van der Waals surface area contributed by atoms with Crippen LogP contribution in [0.3, 0.4) is 0 Å². The Morgan fingerprint density at radius 3 is 1.15 bits per heavy atom. The van der Waals surface area contributed by atoms with Crippen LogP contribution in [-0.2, 0) is 9.59 Å². The predicted molar refractivity (Wildman–Crippen MR) is 43.3 cm³/mol. The molecule has 5 heteroatoms. The molecular weight excluding hydrogens is 297 g/mol. The predicted octanol–water partition coefficient (Wildman–Crippen LogP) is -1.84. The molecule has 13 heavy (non-hydrogen) atoms. The van der Waals surface area contributed by atoms with Gasteiger partial charge in [-0.15, -0.1) is 0 Å². The molecule has 0 aliphatic rings. The van der Waals surface area contributed by atoms with Crippen LogP contribution in [0.5, 0.6) is 0 Å². The van der Waals surface area contributed by atoms with Crippen molar-refractivity contribution >= 4 is 60.8 Å². The summed E-state index contributed by atoms with van der Waals surface area (Å²) in [5.41, 5.74) is -2.88. The van der Waals surface area contributed by atoms with Crippen molar-refractivity contribution in [1.29, 1.82) is 0 Å². The quantitative estimate of drug-likeness (QED) is 0.443. The molecule has 0 aliphatic carbocycles. The van der Waals surface area contributed by atoms with E-state index in [1.807, 2.05) is 0 Å². The fraction of sp³-hybridized carbons (Fsp3) is 0.750. The van der Waals surface area contributed by atoms with Gasteiger partial charge in [-0.3, -0.25) is 0 Å². The number of carboxylic acid groups (broad SMARTS) is 2. The van der Waals surface area contributed by atoms with Crippen molar-refractivity contribution < 1.29 is 19.8 Å². The van der Waals surface area contributed by atoms with Crippen molar-refractivity contribution in [2.24, 2.45) is 10.8 Å². The maximum atomic E-state index is 10.6. The summed E-state index contributed by atoms with van der Waals surface area (Å²) in [5.74, 6) is -3.23. The summed E-state index contributed by atoms with van der Waals surface area (Å²) in [6, 6.07) is 0. The monoisotopic (exact) mass is 310 g/mol. The fourth-order valence-electron chi connectivity index (χ4n) is 0.696. The number of hydrogen-bond donors (Lipinski definition) is 0. The number of carboxylic acids is 2. The largest absolute Gasteiger partial charge is 2.00 e. The molecule has 70 valence electrons. The Balaban J connectivity index is 0. The van der Waals surface area contributed by atoms with E-state index in [0.29, 0.717) is 0 Å². The zero-order chi connectivity index (χ0) is 10.2. The zero-order valence-corrected chi connectivity index (χ0v) is 12.8. The number of hydrogen-bond acceptors (Lipinski definition) is 4. The number of carbonyl (C=O) groups is 2. The van der Waals surface area contributed by atoms with Crippen molar-refractivity contribution in [3.63, 3.8) is 0 Å². The van der Waals surface area contributed by atoms with E-state index in [1.54, 1.807) is 0 Å². The van der Waals surface area contributed by atoms with Crippen LogP contribution in [-0.4, -0.2) is 60.8 Å². The van der Waals surface area contributed by atoms with Crippen molar-refractivity contribution in [1.82, 2.24) is 0 Å². The van der Waals surface area contributed by atoms with Gasteiger partial charge in [-0.05, 0) is 12.3 Å². The average molecular weight is 310 g/mol. The number of rotatable bonds is 2. The zero-order valence-electron chi connectivity index (χ0n) is 8.34. The third kappa shape index (κ3) is 2.99. The Bertz CT molecular complexity index is 203. The standard InChI is InChI=1S/C8H14O4.Ba/c1-7(2,3)8(4,5(9)10)6(11)12;/h1-4H3,(H,9,10)(H,11,12);/q;+2/p-2. The molecule has 4 nitrogen and oxygen atoms in total. The van der Waals surface area contributed by atoms with Gasteiger partial charge in [0.1, 0.15) is 0 Å². The van der Waals surface area contributed by atoms with E-state index in [0.717, 1.165) is 6.92 Å². The third-order valence-corrected chi connectivity index (χ3v) is 2.32. The smallest absolute Gasteiger partial charge is 0.549 e. The van der Waals surface area contributed by atoms with Crippen LogP contribution in [0.1, 0.15) is 27.7 Å². The molecule has 0 aliphatic heterocycles. The topological polar surface area (TPSA) is 80.3 Å². The van der Waals surface area contributed by atoms with Gasteiger partial charge in [-0.2, -0.15) is 0 Å². The van der Waals surface area contributed by atoms with Gasteiger partial charge in [-0.1, -0.05) is 20.8 Å². The average Bonchev–Trinajstić information content (AvgIpc) is 1.82. The van der Waals surface area contributed by atoms with E-state index in [-0.39, 0.29) is 48.9 Å². The number of aliphatic carboxylic acids is 2.